The lowest BCUT2D eigenvalue weighted by molar-refractivity contribution is -0.260. The molecule has 0 radical (unpaired) electrons. The topological polar surface area (TPSA) is 110 Å². The van der Waals surface area contributed by atoms with Crippen molar-refractivity contribution < 1.29 is 34.4 Å². The van der Waals surface area contributed by atoms with Crippen LogP contribution < -0.4 is 0 Å². The largest absolute Gasteiger partial charge is 0.479 e. The lowest BCUT2D eigenvalue weighted by Crippen LogP contribution is -2.24. The van der Waals surface area contributed by atoms with Gasteiger partial charge in [0.05, 0.1) is 12.8 Å². The van der Waals surface area contributed by atoms with Crippen molar-refractivity contribution in [2.75, 3.05) is 0 Å². The smallest absolute Gasteiger partial charge is 0.358 e. The Morgan fingerprint density at radius 1 is 0.655 bits per heavy atom. The Labute approximate surface area is 175 Å². The third-order valence-electron chi connectivity index (χ3n) is 4.86. The van der Waals surface area contributed by atoms with E-state index in [1.54, 1.807) is 0 Å². The van der Waals surface area contributed by atoms with E-state index in [9.17, 15) is 14.4 Å². The van der Waals surface area contributed by atoms with Crippen molar-refractivity contribution in [2.24, 2.45) is 0 Å². The van der Waals surface area contributed by atoms with E-state index in [4.69, 9.17) is 10.2 Å². The molecule has 0 aliphatic rings. The van der Waals surface area contributed by atoms with Crippen molar-refractivity contribution in [3.8, 4) is 0 Å². The fourth-order valence-corrected chi connectivity index (χ4v) is 3.05. The summed E-state index contributed by atoms with van der Waals surface area (Å²) in [5, 5.41) is 17.4. The van der Waals surface area contributed by atoms with Crippen LogP contribution in [0.4, 0.5) is 0 Å². The third-order valence-corrected chi connectivity index (χ3v) is 4.86. The van der Waals surface area contributed by atoms with Crippen molar-refractivity contribution in [1.29, 1.82) is 0 Å². The molecule has 0 rings (SSSR count). The molecular formula is C22H40O7. The highest BCUT2D eigenvalue weighted by Gasteiger charge is 2.20. The third kappa shape index (κ3) is 19.5. The highest BCUT2D eigenvalue weighted by molar-refractivity contribution is 5.80. The van der Waals surface area contributed by atoms with Crippen molar-refractivity contribution in [1.82, 2.24) is 0 Å². The van der Waals surface area contributed by atoms with Crippen molar-refractivity contribution in [3.63, 3.8) is 0 Å². The summed E-state index contributed by atoms with van der Waals surface area (Å²) < 4.78 is 0. The zero-order chi connectivity index (χ0) is 21.7. The summed E-state index contributed by atoms with van der Waals surface area (Å²) in [5.41, 5.74) is 0. The number of carbonyl (C=O) groups excluding carboxylic acids is 2. The molecule has 0 aromatic heterocycles. The predicted molar refractivity (Wildman–Crippen MR) is 110 cm³/mol. The lowest BCUT2D eigenvalue weighted by Gasteiger charge is -2.05. The predicted octanol–water partition coefficient (Wildman–Crippen LogP) is 5.08. The summed E-state index contributed by atoms with van der Waals surface area (Å²) in [6.45, 7) is 2.25. The first-order valence-electron chi connectivity index (χ1n) is 11.3. The number of rotatable bonds is 19. The van der Waals surface area contributed by atoms with Gasteiger partial charge in [-0.1, -0.05) is 96.8 Å². The number of aliphatic hydroxyl groups is 1. The second kappa shape index (κ2) is 19.7. The minimum absolute atomic E-state index is 0.146. The number of unbranched alkanes of at least 4 members (excludes halogenated alkanes) is 14. The second-order valence-electron chi connectivity index (χ2n) is 7.67. The monoisotopic (exact) mass is 416 g/mol. The molecule has 0 saturated carbocycles. The maximum atomic E-state index is 11.4. The molecule has 0 heterocycles. The van der Waals surface area contributed by atoms with Crippen LogP contribution in [0.3, 0.4) is 0 Å². The minimum Gasteiger partial charge on any atom is -0.479 e. The van der Waals surface area contributed by atoms with Crippen LogP contribution in [0, 0.1) is 0 Å². The SMILES string of the molecule is CCCCCCCCCCCCCCCCCC(=O)OOC(=O)CC(O)C(=O)O. The second-order valence-corrected chi connectivity index (χ2v) is 7.67. The molecule has 2 N–H and O–H groups in total. The fraction of sp³-hybridized carbons (Fsp3) is 0.864. The number of hydrogen-bond acceptors (Lipinski definition) is 6. The molecule has 0 aliphatic heterocycles. The first kappa shape index (κ1) is 27.4. The molecule has 0 bridgehead atoms. The van der Waals surface area contributed by atoms with Crippen LogP contribution in [0.1, 0.15) is 116 Å². The van der Waals surface area contributed by atoms with Crippen LogP contribution in [-0.2, 0) is 24.2 Å². The van der Waals surface area contributed by atoms with E-state index in [-0.39, 0.29) is 6.42 Å². The van der Waals surface area contributed by atoms with E-state index >= 15 is 0 Å². The standard InChI is InChI=1S/C22H40O7/c1-2-3-4-5-6-7-8-9-10-11-12-13-14-15-16-17-20(24)28-29-21(25)18-19(23)22(26)27/h19,23H,2-18H2,1H3,(H,26,27). The van der Waals surface area contributed by atoms with Crippen LogP contribution in [0.25, 0.3) is 0 Å². The van der Waals surface area contributed by atoms with E-state index in [1.165, 1.54) is 70.6 Å². The maximum absolute atomic E-state index is 11.4. The maximum Gasteiger partial charge on any atom is 0.358 e. The molecule has 0 aromatic carbocycles. The molecule has 7 heteroatoms. The van der Waals surface area contributed by atoms with Crippen LogP contribution in [-0.4, -0.2) is 34.2 Å². The van der Waals surface area contributed by atoms with Gasteiger partial charge in [-0.15, -0.1) is 0 Å². The molecule has 0 aromatic rings. The number of carboxylic acids is 1. The first-order valence-corrected chi connectivity index (χ1v) is 11.3. The van der Waals surface area contributed by atoms with Crippen LogP contribution in [0.2, 0.25) is 0 Å². The van der Waals surface area contributed by atoms with Gasteiger partial charge in [0, 0.05) is 0 Å². The summed E-state index contributed by atoms with van der Waals surface area (Å²) in [7, 11) is 0. The Kier molecular flexibility index (Phi) is 18.6. The Bertz CT molecular complexity index is 437. The molecule has 0 aliphatic carbocycles. The quantitative estimate of drug-likeness (QED) is 0.171. The summed E-state index contributed by atoms with van der Waals surface area (Å²) in [4.78, 5) is 41.4. The Morgan fingerprint density at radius 3 is 1.45 bits per heavy atom. The number of carbonyl (C=O) groups is 3. The number of hydrogen-bond donors (Lipinski definition) is 2. The van der Waals surface area contributed by atoms with Gasteiger partial charge in [-0.05, 0) is 6.42 Å². The van der Waals surface area contributed by atoms with Crippen LogP contribution >= 0.6 is 0 Å². The van der Waals surface area contributed by atoms with Gasteiger partial charge in [0.25, 0.3) is 0 Å². The Morgan fingerprint density at radius 2 is 1.03 bits per heavy atom. The van der Waals surface area contributed by atoms with Crippen molar-refractivity contribution in [2.45, 2.75) is 122 Å². The van der Waals surface area contributed by atoms with Gasteiger partial charge in [-0.2, -0.15) is 0 Å². The summed E-state index contributed by atoms with van der Waals surface area (Å²) in [6, 6.07) is 0. The summed E-state index contributed by atoms with van der Waals surface area (Å²) in [5.74, 6) is -3.30. The van der Waals surface area contributed by atoms with Crippen LogP contribution in [0.5, 0.6) is 0 Å². The lowest BCUT2D eigenvalue weighted by atomic mass is 10.0. The highest BCUT2D eigenvalue weighted by atomic mass is 17.2. The minimum atomic E-state index is -1.86. The molecule has 0 spiro atoms. The summed E-state index contributed by atoms with van der Waals surface area (Å²) in [6.07, 6.45) is 16.0. The molecule has 0 amide bonds. The van der Waals surface area contributed by atoms with Crippen molar-refractivity contribution in [3.05, 3.63) is 0 Å². The van der Waals surface area contributed by atoms with E-state index in [0.29, 0.717) is 6.42 Å². The molecule has 170 valence electrons. The molecule has 1 atom stereocenters. The van der Waals surface area contributed by atoms with Crippen LogP contribution in [0.15, 0.2) is 0 Å². The van der Waals surface area contributed by atoms with Gasteiger partial charge in [-0.25, -0.2) is 24.2 Å². The number of aliphatic hydroxyl groups excluding tert-OH is 1. The fourth-order valence-electron chi connectivity index (χ4n) is 3.05. The number of aliphatic carboxylic acids is 1. The van der Waals surface area contributed by atoms with Gasteiger partial charge in [0.15, 0.2) is 6.10 Å². The Hall–Kier alpha value is -1.63. The molecule has 0 saturated heterocycles. The summed E-state index contributed by atoms with van der Waals surface area (Å²) >= 11 is 0. The first-order chi connectivity index (χ1) is 14.0. The van der Waals surface area contributed by atoms with Gasteiger partial charge in [-0.3, -0.25) is 0 Å². The normalized spacial score (nSPS) is 11.8. The average molecular weight is 417 g/mol. The van der Waals surface area contributed by atoms with Gasteiger partial charge in [0.1, 0.15) is 0 Å². The van der Waals surface area contributed by atoms with Gasteiger partial charge < -0.3 is 10.2 Å². The van der Waals surface area contributed by atoms with Gasteiger partial charge >= 0.3 is 17.9 Å². The van der Waals surface area contributed by atoms with E-state index in [2.05, 4.69) is 16.7 Å². The van der Waals surface area contributed by atoms with Gasteiger partial charge in [0.2, 0.25) is 0 Å². The average Bonchev–Trinajstić information content (AvgIpc) is 2.69. The molecule has 0 fully saturated rings. The van der Waals surface area contributed by atoms with E-state index in [0.717, 1.165) is 19.3 Å². The zero-order valence-electron chi connectivity index (χ0n) is 18.0. The Balaban J connectivity index is 3.32. The van der Waals surface area contributed by atoms with Crippen molar-refractivity contribution >= 4 is 17.9 Å². The molecule has 7 nitrogen and oxygen atoms in total. The highest BCUT2D eigenvalue weighted by Crippen LogP contribution is 2.13. The molecular weight excluding hydrogens is 376 g/mol. The number of carboxylic acid groups (broad SMARTS) is 1. The molecule has 29 heavy (non-hydrogen) atoms. The van der Waals surface area contributed by atoms with E-state index < -0.39 is 30.4 Å². The van der Waals surface area contributed by atoms with E-state index in [1.807, 2.05) is 0 Å². The molecule has 1 unspecified atom stereocenters. The zero-order valence-corrected chi connectivity index (χ0v) is 18.0.